The summed E-state index contributed by atoms with van der Waals surface area (Å²) in [6.07, 6.45) is 0.00431. The first-order valence-electron chi connectivity index (χ1n) is 3.21. The SMILES string of the molecule is CN1CC(OC(=O)CO)C1. The van der Waals surface area contributed by atoms with Gasteiger partial charge in [0.2, 0.25) is 0 Å². The Bertz CT molecular complexity index is 131. The Labute approximate surface area is 59.4 Å². The third-order valence-electron chi connectivity index (χ3n) is 1.46. The van der Waals surface area contributed by atoms with E-state index in [9.17, 15) is 4.79 Å². The highest BCUT2D eigenvalue weighted by molar-refractivity contribution is 5.70. The predicted molar refractivity (Wildman–Crippen MR) is 34.5 cm³/mol. The number of nitrogens with zero attached hydrogens (tertiary/aromatic N) is 1. The summed E-state index contributed by atoms with van der Waals surface area (Å²) in [5.74, 6) is -0.530. The minimum Gasteiger partial charge on any atom is -0.458 e. The Balaban J connectivity index is 2.10. The second kappa shape index (κ2) is 2.98. The van der Waals surface area contributed by atoms with Crippen molar-refractivity contribution < 1.29 is 14.6 Å². The van der Waals surface area contributed by atoms with Gasteiger partial charge in [-0.05, 0) is 7.05 Å². The van der Waals surface area contributed by atoms with Crippen LogP contribution in [0.25, 0.3) is 0 Å². The van der Waals surface area contributed by atoms with Gasteiger partial charge in [0.05, 0.1) is 0 Å². The number of rotatable bonds is 2. The molecule has 0 spiro atoms. The van der Waals surface area contributed by atoms with Gasteiger partial charge in [-0.3, -0.25) is 4.90 Å². The molecule has 1 saturated heterocycles. The number of aliphatic hydroxyl groups excluding tert-OH is 1. The van der Waals surface area contributed by atoms with Crippen molar-refractivity contribution in [2.24, 2.45) is 0 Å². The van der Waals surface area contributed by atoms with Gasteiger partial charge in [0.25, 0.3) is 0 Å². The lowest BCUT2D eigenvalue weighted by Crippen LogP contribution is -2.50. The van der Waals surface area contributed by atoms with Crippen LogP contribution in [-0.2, 0) is 9.53 Å². The smallest absolute Gasteiger partial charge is 0.332 e. The maximum atomic E-state index is 10.4. The van der Waals surface area contributed by atoms with Crippen LogP contribution in [0.1, 0.15) is 0 Å². The molecule has 0 radical (unpaired) electrons. The first kappa shape index (κ1) is 7.50. The lowest BCUT2D eigenvalue weighted by molar-refractivity contribution is -0.159. The molecule has 4 heteroatoms. The molecule has 0 aliphatic carbocycles. The number of hydrogen-bond acceptors (Lipinski definition) is 4. The lowest BCUT2D eigenvalue weighted by Gasteiger charge is -2.34. The van der Waals surface area contributed by atoms with Gasteiger partial charge in [-0.15, -0.1) is 0 Å². The quantitative estimate of drug-likeness (QED) is 0.498. The van der Waals surface area contributed by atoms with E-state index in [0.717, 1.165) is 13.1 Å². The van der Waals surface area contributed by atoms with Crippen molar-refractivity contribution in [2.75, 3.05) is 26.7 Å². The normalized spacial score (nSPS) is 20.2. The monoisotopic (exact) mass is 145 g/mol. The zero-order valence-electron chi connectivity index (χ0n) is 5.91. The topological polar surface area (TPSA) is 49.8 Å². The Morgan fingerprint density at radius 3 is 2.80 bits per heavy atom. The molecule has 1 rings (SSSR count). The van der Waals surface area contributed by atoms with Crippen LogP contribution in [0.2, 0.25) is 0 Å². The van der Waals surface area contributed by atoms with E-state index in [4.69, 9.17) is 9.84 Å². The number of esters is 1. The molecule has 0 aromatic heterocycles. The largest absolute Gasteiger partial charge is 0.458 e. The number of carbonyl (C=O) groups excluding carboxylic acids is 1. The van der Waals surface area contributed by atoms with Crippen LogP contribution in [0.15, 0.2) is 0 Å². The van der Waals surface area contributed by atoms with Crippen molar-refractivity contribution >= 4 is 5.97 Å². The highest BCUT2D eigenvalue weighted by atomic mass is 16.6. The van der Waals surface area contributed by atoms with Crippen LogP contribution in [-0.4, -0.2) is 48.8 Å². The van der Waals surface area contributed by atoms with Crippen LogP contribution in [0.4, 0.5) is 0 Å². The predicted octanol–water partition coefficient (Wildman–Crippen LogP) is -1.16. The third-order valence-corrected chi connectivity index (χ3v) is 1.46. The molecule has 0 aromatic rings. The summed E-state index contributed by atoms with van der Waals surface area (Å²) in [4.78, 5) is 12.5. The number of ether oxygens (including phenoxy) is 1. The highest BCUT2D eigenvalue weighted by Crippen LogP contribution is 2.07. The molecular formula is C6H11NO3. The molecule has 1 fully saturated rings. The molecular weight excluding hydrogens is 134 g/mol. The second-order valence-electron chi connectivity index (χ2n) is 2.49. The van der Waals surface area contributed by atoms with Crippen molar-refractivity contribution in [3.8, 4) is 0 Å². The summed E-state index contributed by atoms with van der Waals surface area (Å²) in [7, 11) is 1.95. The fourth-order valence-corrected chi connectivity index (χ4v) is 0.939. The maximum Gasteiger partial charge on any atom is 0.332 e. The fraction of sp³-hybridized carbons (Fsp3) is 0.833. The molecule has 1 aliphatic heterocycles. The van der Waals surface area contributed by atoms with E-state index < -0.39 is 12.6 Å². The van der Waals surface area contributed by atoms with E-state index in [1.807, 2.05) is 11.9 Å². The van der Waals surface area contributed by atoms with Gasteiger partial charge < -0.3 is 9.84 Å². The molecule has 4 nitrogen and oxygen atoms in total. The zero-order chi connectivity index (χ0) is 7.56. The summed E-state index contributed by atoms with van der Waals surface area (Å²) >= 11 is 0. The molecule has 0 aromatic carbocycles. The number of likely N-dealkylation sites (N-methyl/N-ethyl adjacent to an activating group) is 1. The van der Waals surface area contributed by atoms with E-state index in [-0.39, 0.29) is 6.10 Å². The van der Waals surface area contributed by atoms with Crippen LogP contribution < -0.4 is 0 Å². The van der Waals surface area contributed by atoms with Gasteiger partial charge in [0.1, 0.15) is 12.7 Å². The standard InChI is InChI=1S/C6H11NO3/c1-7-2-5(3-7)10-6(9)4-8/h5,8H,2-4H2,1H3. The van der Waals surface area contributed by atoms with Gasteiger partial charge in [0, 0.05) is 13.1 Å². The van der Waals surface area contributed by atoms with Crippen molar-refractivity contribution in [1.29, 1.82) is 0 Å². The summed E-state index contributed by atoms with van der Waals surface area (Å²) in [5, 5.41) is 8.28. The average Bonchev–Trinajstić information content (AvgIpc) is 1.84. The van der Waals surface area contributed by atoms with Crippen LogP contribution in [0, 0.1) is 0 Å². The second-order valence-corrected chi connectivity index (χ2v) is 2.49. The Morgan fingerprint density at radius 1 is 1.80 bits per heavy atom. The van der Waals surface area contributed by atoms with Crippen molar-refractivity contribution in [3.05, 3.63) is 0 Å². The van der Waals surface area contributed by atoms with E-state index >= 15 is 0 Å². The zero-order valence-corrected chi connectivity index (χ0v) is 5.91. The number of carbonyl (C=O) groups is 1. The van der Waals surface area contributed by atoms with Crippen LogP contribution >= 0.6 is 0 Å². The molecule has 1 N–H and O–H groups in total. The van der Waals surface area contributed by atoms with Crippen LogP contribution in [0.3, 0.4) is 0 Å². The Morgan fingerprint density at radius 2 is 2.40 bits per heavy atom. The Kier molecular flexibility index (Phi) is 2.24. The van der Waals surface area contributed by atoms with Crippen molar-refractivity contribution in [3.63, 3.8) is 0 Å². The van der Waals surface area contributed by atoms with Crippen LogP contribution in [0.5, 0.6) is 0 Å². The molecule has 0 amide bonds. The number of likely N-dealkylation sites (tertiary alicyclic amines) is 1. The molecule has 0 unspecified atom stereocenters. The van der Waals surface area contributed by atoms with Crippen molar-refractivity contribution in [2.45, 2.75) is 6.10 Å². The van der Waals surface area contributed by atoms with Gasteiger partial charge >= 0.3 is 5.97 Å². The molecule has 1 aliphatic rings. The first-order valence-corrected chi connectivity index (χ1v) is 3.21. The fourth-order valence-electron chi connectivity index (χ4n) is 0.939. The Hall–Kier alpha value is -0.610. The highest BCUT2D eigenvalue weighted by Gasteiger charge is 2.26. The van der Waals surface area contributed by atoms with Gasteiger partial charge in [0.15, 0.2) is 0 Å². The van der Waals surface area contributed by atoms with Gasteiger partial charge in [-0.25, -0.2) is 4.79 Å². The molecule has 0 saturated carbocycles. The minimum atomic E-state index is -0.530. The van der Waals surface area contributed by atoms with Crippen molar-refractivity contribution in [1.82, 2.24) is 4.90 Å². The first-order chi connectivity index (χ1) is 4.72. The average molecular weight is 145 g/mol. The molecule has 0 bridgehead atoms. The number of hydrogen-bond donors (Lipinski definition) is 1. The lowest BCUT2D eigenvalue weighted by atomic mass is 10.2. The third kappa shape index (κ3) is 1.68. The molecule has 58 valence electrons. The summed E-state index contributed by atoms with van der Waals surface area (Å²) in [5.41, 5.74) is 0. The molecule has 1 heterocycles. The van der Waals surface area contributed by atoms with E-state index in [1.165, 1.54) is 0 Å². The van der Waals surface area contributed by atoms with E-state index in [2.05, 4.69) is 0 Å². The maximum absolute atomic E-state index is 10.4. The number of aliphatic hydroxyl groups is 1. The van der Waals surface area contributed by atoms with E-state index in [0.29, 0.717) is 0 Å². The van der Waals surface area contributed by atoms with Gasteiger partial charge in [-0.1, -0.05) is 0 Å². The van der Waals surface area contributed by atoms with Gasteiger partial charge in [-0.2, -0.15) is 0 Å². The summed E-state index contributed by atoms with van der Waals surface area (Å²) < 4.78 is 4.78. The van der Waals surface area contributed by atoms with E-state index in [1.54, 1.807) is 0 Å². The summed E-state index contributed by atoms with van der Waals surface area (Å²) in [6.45, 7) is 1.05. The summed E-state index contributed by atoms with van der Waals surface area (Å²) in [6, 6.07) is 0. The minimum absolute atomic E-state index is 0.00431. The molecule has 10 heavy (non-hydrogen) atoms. The molecule has 0 atom stereocenters.